The van der Waals surface area contributed by atoms with E-state index in [1.165, 1.54) is 11.1 Å². The Morgan fingerprint density at radius 2 is 1.35 bits per heavy atom. The maximum Gasteiger partial charge on any atom is 0.0235 e. The molecule has 0 bridgehead atoms. The first-order valence-corrected chi connectivity index (χ1v) is 7.78. The van der Waals surface area contributed by atoms with Crippen LogP contribution in [-0.2, 0) is 13.0 Å². The van der Waals surface area contributed by atoms with Crippen LogP contribution in [0.1, 0.15) is 17.5 Å². The van der Waals surface area contributed by atoms with E-state index < -0.39 is 0 Å². The second-order valence-electron chi connectivity index (χ2n) is 5.04. The Bertz CT molecular complexity index is 469. The molecule has 0 radical (unpaired) electrons. The van der Waals surface area contributed by atoms with E-state index in [4.69, 9.17) is 11.6 Å². The van der Waals surface area contributed by atoms with Crippen LogP contribution in [0, 0.1) is 0 Å². The molecule has 1 nitrogen and oxygen atoms in total. The minimum Gasteiger partial charge on any atom is -0.299 e. The van der Waals surface area contributed by atoms with Gasteiger partial charge in [0, 0.05) is 19.0 Å². The van der Waals surface area contributed by atoms with Crippen molar-refractivity contribution in [3.05, 3.63) is 71.8 Å². The first-order chi connectivity index (χ1) is 9.88. The fourth-order valence-electron chi connectivity index (χ4n) is 2.33. The fraction of sp³-hybridized carbons (Fsp3) is 0.333. The predicted molar refractivity (Wildman–Crippen MR) is 87.2 cm³/mol. The summed E-state index contributed by atoms with van der Waals surface area (Å²) in [5.41, 5.74) is 2.77. The number of rotatable bonds is 8. The first-order valence-electron chi connectivity index (χ1n) is 7.24. The van der Waals surface area contributed by atoms with Crippen LogP contribution in [0.3, 0.4) is 0 Å². The Balaban J connectivity index is 1.89. The molecule has 0 saturated carbocycles. The van der Waals surface area contributed by atoms with Gasteiger partial charge in [0.25, 0.3) is 0 Å². The van der Waals surface area contributed by atoms with Gasteiger partial charge in [-0.3, -0.25) is 4.90 Å². The SMILES string of the molecule is ClCCCN(CCc1ccccc1)Cc1ccccc1. The Labute approximate surface area is 127 Å². The molecule has 0 aromatic heterocycles. The molecule has 2 aromatic carbocycles. The monoisotopic (exact) mass is 287 g/mol. The second-order valence-corrected chi connectivity index (χ2v) is 5.42. The van der Waals surface area contributed by atoms with Crippen LogP contribution in [0.25, 0.3) is 0 Å². The smallest absolute Gasteiger partial charge is 0.0235 e. The molecule has 0 aliphatic rings. The summed E-state index contributed by atoms with van der Waals surface area (Å²) in [5, 5.41) is 0. The molecule has 0 N–H and O–H groups in total. The number of alkyl halides is 1. The van der Waals surface area contributed by atoms with Gasteiger partial charge in [0.15, 0.2) is 0 Å². The van der Waals surface area contributed by atoms with E-state index in [1.807, 2.05) is 0 Å². The van der Waals surface area contributed by atoms with E-state index in [2.05, 4.69) is 65.6 Å². The highest BCUT2D eigenvalue weighted by molar-refractivity contribution is 6.17. The van der Waals surface area contributed by atoms with Gasteiger partial charge in [-0.05, 0) is 30.5 Å². The van der Waals surface area contributed by atoms with Gasteiger partial charge in [-0.15, -0.1) is 11.6 Å². The van der Waals surface area contributed by atoms with Crippen molar-refractivity contribution in [2.45, 2.75) is 19.4 Å². The molecule has 0 aliphatic carbocycles. The third-order valence-electron chi connectivity index (χ3n) is 3.42. The second kappa shape index (κ2) is 8.78. The van der Waals surface area contributed by atoms with Crippen molar-refractivity contribution in [2.24, 2.45) is 0 Å². The maximum atomic E-state index is 5.84. The minimum absolute atomic E-state index is 0.733. The van der Waals surface area contributed by atoms with Crippen LogP contribution < -0.4 is 0 Å². The van der Waals surface area contributed by atoms with Crippen molar-refractivity contribution < 1.29 is 0 Å². The van der Waals surface area contributed by atoms with Crippen molar-refractivity contribution in [2.75, 3.05) is 19.0 Å². The molecule has 20 heavy (non-hydrogen) atoms. The first kappa shape index (κ1) is 15.1. The fourth-order valence-corrected chi connectivity index (χ4v) is 2.45. The topological polar surface area (TPSA) is 3.24 Å². The van der Waals surface area contributed by atoms with Gasteiger partial charge in [-0.1, -0.05) is 60.7 Å². The Morgan fingerprint density at radius 3 is 1.95 bits per heavy atom. The molecule has 0 spiro atoms. The summed E-state index contributed by atoms with van der Waals surface area (Å²) in [5.74, 6) is 0.733. The van der Waals surface area contributed by atoms with Crippen LogP contribution in [0.5, 0.6) is 0 Å². The van der Waals surface area contributed by atoms with Crippen LogP contribution in [0.2, 0.25) is 0 Å². The van der Waals surface area contributed by atoms with Crippen LogP contribution in [0.15, 0.2) is 60.7 Å². The van der Waals surface area contributed by atoms with Gasteiger partial charge in [-0.2, -0.15) is 0 Å². The molecule has 0 amide bonds. The number of hydrogen-bond acceptors (Lipinski definition) is 1. The van der Waals surface area contributed by atoms with E-state index >= 15 is 0 Å². The molecule has 0 aliphatic heterocycles. The molecule has 0 fully saturated rings. The summed E-state index contributed by atoms with van der Waals surface area (Å²) in [6, 6.07) is 21.3. The van der Waals surface area contributed by atoms with Crippen molar-refractivity contribution in [3.63, 3.8) is 0 Å². The van der Waals surface area contributed by atoms with Gasteiger partial charge in [0.2, 0.25) is 0 Å². The van der Waals surface area contributed by atoms with Crippen molar-refractivity contribution >= 4 is 11.6 Å². The van der Waals surface area contributed by atoms with Gasteiger partial charge in [-0.25, -0.2) is 0 Å². The maximum absolute atomic E-state index is 5.84. The highest BCUT2D eigenvalue weighted by Crippen LogP contribution is 2.08. The molecule has 2 aromatic rings. The molecule has 2 rings (SSSR count). The number of benzene rings is 2. The summed E-state index contributed by atoms with van der Waals surface area (Å²) >= 11 is 5.84. The molecule has 0 unspecified atom stereocenters. The zero-order chi connectivity index (χ0) is 14.0. The Hall–Kier alpha value is -1.31. The zero-order valence-corrected chi connectivity index (χ0v) is 12.6. The summed E-state index contributed by atoms with van der Waals surface area (Å²) in [7, 11) is 0. The van der Waals surface area contributed by atoms with Crippen molar-refractivity contribution in [1.29, 1.82) is 0 Å². The van der Waals surface area contributed by atoms with E-state index in [9.17, 15) is 0 Å². The molecule has 0 atom stereocenters. The lowest BCUT2D eigenvalue weighted by Gasteiger charge is -2.22. The summed E-state index contributed by atoms with van der Waals surface area (Å²) < 4.78 is 0. The number of nitrogens with zero attached hydrogens (tertiary/aromatic N) is 1. The van der Waals surface area contributed by atoms with Crippen molar-refractivity contribution in [1.82, 2.24) is 4.90 Å². The molecule has 2 heteroatoms. The van der Waals surface area contributed by atoms with E-state index in [0.717, 1.165) is 38.4 Å². The normalized spacial score (nSPS) is 10.9. The number of halogens is 1. The van der Waals surface area contributed by atoms with E-state index in [0.29, 0.717) is 0 Å². The quantitative estimate of drug-likeness (QED) is 0.652. The third-order valence-corrected chi connectivity index (χ3v) is 3.68. The standard InChI is InChI=1S/C18H22ClN/c19-13-7-14-20(16-18-10-5-2-6-11-18)15-12-17-8-3-1-4-9-17/h1-6,8-11H,7,12-16H2. The van der Waals surface area contributed by atoms with Crippen LogP contribution >= 0.6 is 11.6 Å². The zero-order valence-electron chi connectivity index (χ0n) is 11.8. The van der Waals surface area contributed by atoms with Crippen LogP contribution in [-0.4, -0.2) is 23.9 Å². The van der Waals surface area contributed by atoms with E-state index in [-0.39, 0.29) is 0 Å². The third kappa shape index (κ3) is 5.36. The predicted octanol–water partition coefficient (Wildman–Crippen LogP) is 4.36. The highest BCUT2D eigenvalue weighted by Gasteiger charge is 2.06. The van der Waals surface area contributed by atoms with Gasteiger partial charge in [0.1, 0.15) is 0 Å². The van der Waals surface area contributed by atoms with Gasteiger partial charge in [0.05, 0.1) is 0 Å². The lowest BCUT2D eigenvalue weighted by atomic mass is 10.1. The lowest BCUT2D eigenvalue weighted by molar-refractivity contribution is 0.270. The average Bonchev–Trinajstić information content (AvgIpc) is 2.52. The largest absolute Gasteiger partial charge is 0.299 e. The molecular weight excluding hydrogens is 266 g/mol. The Morgan fingerprint density at radius 1 is 0.750 bits per heavy atom. The highest BCUT2D eigenvalue weighted by atomic mass is 35.5. The Kier molecular flexibility index (Phi) is 6.62. The summed E-state index contributed by atoms with van der Waals surface area (Å²) in [6.45, 7) is 3.14. The van der Waals surface area contributed by atoms with Crippen molar-refractivity contribution in [3.8, 4) is 0 Å². The summed E-state index contributed by atoms with van der Waals surface area (Å²) in [6.07, 6.45) is 2.14. The van der Waals surface area contributed by atoms with Gasteiger partial charge < -0.3 is 0 Å². The van der Waals surface area contributed by atoms with E-state index in [1.54, 1.807) is 0 Å². The summed E-state index contributed by atoms with van der Waals surface area (Å²) in [4.78, 5) is 2.49. The van der Waals surface area contributed by atoms with Gasteiger partial charge >= 0.3 is 0 Å². The van der Waals surface area contributed by atoms with Crippen LogP contribution in [0.4, 0.5) is 0 Å². The molecular formula is C18H22ClN. The molecule has 0 saturated heterocycles. The number of hydrogen-bond donors (Lipinski definition) is 0. The molecule has 106 valence electrons. The minimum atomic E-state index is 0.733. The molecule has 0 heterocycles. The average molecular weight is 288 g/mol. The lowest BCUT2D eigenvalue weighted by Crippen LogP contribution is -2.27.